The summed E-state index contributed by atoms with van der Waals surface area (Å²) < 4.78 is 10.5. The van der Waals surface area contributed by atoms with Crippen LogP contribution in [0.2, 0.25) is 0 Å². The van der Waals surface area contributed by atoms with E-state index in [0.29, 0.717) is 11.5 Å². The lowest BCUT2D eigenvalue weighted by Crippen LogP contribution is -2.13. The molecule has 0 heterocycles. The van der Waals surface area contributed by atoms with E-state index in [-0.39, 0.29) is 11.5 Å². The molecule has 4 rings (SSSR count). The van der Waals surface area contributed by atoms with Crippen molar-refractivity contribution in [2.75, 3.05) is 0 Å². The molecule has 148 valence electrons. The van der Waals surface area contributed by atoms with Gasteiger partial charge in [0.25, 0.3) is 0 Å². The smallest absolute Gasteiger partial charge is 0.508 e. The maximum absolute atomic E-state index is 12.1. The summed E-state index contributed by atoms with van der Waals surface area (Å²) in [5, 5.41) is 18.7. The number of hydrogen-bond donors (Lipinski definition) is 2. The Labute approximate surface area is 173 Å². The molecule has 0 amide bonds. The Morgan fingerprint density at radius 3 is 1.03 bits per heavy atom. The summed E-state index contributed by atoms with van der Waals surface area (Å²) in [6, 6.07) is 27.7. The van der Waals surface area contributed by atoms with Crippen LogP contribution in [-0.2, 0) is 0 Å². The zero-order chi connectivity index (χ0) is 20.9. The fourth-order valence-electron chi connectivity index (χ4n) is 2.95. The molecule has 0 aliphatic rings. The van der Waals surface area contributed by atoms with Crippen molar-refractivity contribution in [2.45, 2.75) is 0 Å². The van der Waals surface area contributed by atoms with E-state index in [2.05, 4.69) is 0 Å². The average Bonchev–Trinajstić information content (AvgIpc) is 2.76. The topological polar surface area (TPSA) is 76.0 Å². The van der Waals surface area contributed by atoms with Gasteiger partial charge in [-0.2, -0.15) is 0 Å². The minimum Gasteiger partial charge on any atom is -0.508 e. The van der Waals surface area contributed by atoms with Crippen LogP contribution < -0.4 is 9.47 Å². The molecule has 0 saturated carbocycles. The molecular weight excluding hydrogens is 380 g/mol. The van der Waals surface area contributed by atoms with Gasteiger partial charge in [0.15, 0.2) is 0 Å². The second-order valence-electron chi connectivity index (χ2n) is 6.60. The molecule has 4 aromatic carbocycles. The molecule has 0 aliphatic carbocycles. The lowest BCUT2D eigenvalue weighted by Gasteiger charge is -2.08. The molecule has 5 nitrogen and oxygen atoms in total. The molecule has 0 spiro atoms. The number of phenols is 2. The number of hydrogen-bond acceptors (Lipinski definition) is 5. The van der Waals surface area contributed by atoms with Gasteiger partial charge in [-0.25, -0.2) is 4.79 Å². The first-order valence-electron chi connectivity index (χ1n) is 9.25. The Kier molecular flexibility index (Phi) is 5.35. The van der Waals surface area contributed by atoms with Gasteiger partial charge < -0.3 is 19.7 Å². The number of ether oxygens (including phenoxy) is 2. The summed E-state index contributed by atoms with van der Waals surface area (Å²) >= 11 is 0. The highest BCUT2D eigenvalue weighted by atomic mass is 16.7. The van der Waals surface area contributed by atoms with Gasteiger partial charge in [-0.3, -0.25) is 0 Å². The highest BCUT2D eigenvalue weighted by Gasteiger charge is 2.09. The van der Waals surface area contributed by atoms with Crippen LogP contribution in [0, 0.1) is 0 Å². The Hall–Kier alpha value is -4.25. The second kappa shape index (κ2) is 8.41. The van der Waals surface area contributed by atoms with E-state index in [1.165, 1.54) is 0 Å². The first kappa shape index (κ1) is 19.1. The van der Waals surface area contributed by atoms with E-state index < -0.39 is 6.16 Å². The van der Waals surface area contributed by atoms with Crippen LogP contribution in [-0.4, -0.2) is 16.4 Å². The van der Waals surface area contributed by atoms with E-state index in [1.54, 1.807) is 72.8 Å². The van der Waals surface area contributed by atoms with Gasteiger partial charge in [-0.05, 0) is 70.8 Å². The molecule has 0 aromatic heterocycles. The lowest BCUT2D eigenvalue weighted by atomic mass is 10.1. The third-order valence-corrected chi connectivity index (χ3v) is 4.51. The van der Waals surface area contributed by atoms with Gasteiger partial charge >= 0.3 is 6.16 Å². The summed E-state index contributed by atoms with van der Waals surface area (Å²) in [5.41, 5.74) is 3.74. The van der Waals surface area contributed by atoms with E-state index in [9.17, 15) is 15.0 Å². The normalized spacial score (nSPS) is 10.4. The van der Waals surface area contributed by atoms with E-state index in [0.717, 1.165) is 22.3 Å². The number of benzene rings is 4. The predicted octanol–water partition coefficient (Wildman–Crippen LogP) is 6.01. The van der Waals surface area contributed by atoms with Crippen molar-refractivity contribution in [1.29, 1.82) is 0 Å². The van der Waals surface area contributed by atoms with Gasteiger partial charge in [-0.15, -0.1) is 0 Å². The number of phenolic OH excluding ortho intramolecular Hbond substituents is 2. The summed E-state index contributed by atoms with van der Waals surface area (Å²) in [7, 11) is 0. The standard InChI is InChI=1S/C25H18O5/c26-21-9-1-17(2-10-21)19-5-13-23(14-6-19)29-25(28)30-24-15-7-20(8-16-24)18-3-11-22(27)12-4-18/h1-16,26-27H. The summed E-state index contributed by atoms with van der Waals surface area (Å²) in [5.74, 6) is 1.14. The molecule has 5 heteroatoms. The van der Waals surface area contributed by atoms with Gasteiger partial charge in [-0.1, -0.05) is 48.5 Å². The van der Waals surface area contributed by atoms with E-state index in [4.69, 9.17) is 9.47 Å². The van der Waals surface area contributed by atoms with Crippen molar-refractivity contribution < 1.29 is 24.5 Å². The van der Waals surface area contributed by atoms with Crippen LogP contribution in [0.4, 0.5) is 4.79 Å². The first-order valence-corrected chi connectivity index (χ1v) is 9.25. The molecule has 4 aromatic rings. The van der Waals surface area contributed by atoms with Gasteiger partial charge in [0.2, 0.25) is 0 Å². The van der Waals surface area contributed by atoms with Crippen LogP contribution in [0.15, 0.2) is 97.1 Å². The van der Waals surface area contributed by atoms with Crippen molar-refractivity contribution in [3.63, 3.8) is 0 Å². The first-order chi connectivity index (χ1) is 14.6. The summed E-state index contributed by atoms with van der Waals surface area (Å²) in [6.45, 7) is 0. The van der Waals surface area contributed by atoms with Gasteiger partial charge in [0, 0.05) is 0 Å². The number of carbonyl (C=O) groups is 1. The molecule has 0 bridgehead atoms. The fourth-order valence-corrected chi connectivity index (χ4v) is 2.95. The quantitative estimate of drug-likeness (QED) is 0.325. The van der Waals surface area contributed by atoms with E-state index >= 15 is 0 Å². The van der Waals surface area contributed by atoms with Crippen molar-refractivity contribution >= 4 is 6.16 Å². The molecular formula is C25H18O5. The monoisotopic (exact) mass is 398 g/mol. The number of aromatic hydroxyl groups is 2. The minimum atomic E-state index is -0.829. The highest BCUT2D eigenvalue weighted by molar-refractivity contribution is 5.70. The molecule has 0 saturated heterocycles. The third kappa shape index (κ3) is 4.59. The van der Waals surface area contributed by atoms with Crippen LogP contribution in [0.3, 0.4) is 0 Å². The highest BCUT2D eigenvalue weighted by Crippen LogP contribution is 2.26. The second-order valence-corrected chi connectivity index (χ2v) is 6.60. The molecule has 2 N–H and O–H groups in total. The Morgan fingerprint density at radius 2 is 0.733 bits per heavy atom. The SMILES string of the molecule is O=C(Oc1ccc(-c2ccc(O)cc2)cc1)Oc1ccc(-c2ccc(O)cc2)cc1. The van der Waals surface area contributed by atoms with Crippen LogP contribution in [0.1, 0.15) is 0 Å². The molecule has 0 aliphatic heterocycles. The van der Waals surface area contributed by atoms with Crippen molar-refractivity contribution in [1.82, 2.24) is 0 Å². The fraction of sp³-hybridized carbons (Fsp3) is 0. The van der Waals surface area contributed by atoms with Crippen LogP contribution in [0.5, 0.6) is 23.0 Å². The number of rotatable bonds is 4. The van der Waals surface area contributed by atoms with Crippen molar-refractivity contribution in [3.8, 4) is 45.3 Å². The minimum absolute atomic E-state index is 0.206. The van der Waals surface area contributed by atoms with Crippen LogP contribution in [0.25, 0.3) is 22.3 Å². The lowest BCUT2D eigenvalue weighted by molar-refractivity contribution is 0.152. The molecule has 0 fully saturated rings. The maximum atomic E-state index is 12.1. The molecule has 0 atom stereocenters. The van der Waals surface area contributed by atoms with Crippen molar-refractivity contribution in [3.05, 3.63) is 97.1 Å². The zero-order valence-corrected chi connectivity index (χ0v) is 15.9. The zero-order valence-electron chi connectivity index (χ0n) is 15.9. The average molecular weight is 398 g/mol. The van der Waals surface area contributed by atoms with Crippen LogP contribution >= 0.6 is 0 Å². The third-order valence-electron chi connectivity index (χ3n) is 4.51. The maximum Gasteiger partial charge on any atom is 0.519 e. The summed E-state index contributed by atoms with van der Waals surface area (Å²) in [6.07, 6.45) is -0.829. The Morgan fingerprint density at radius 1 is 0.467 bits per heavy atom. The summed E-state index contributed by atoms with van der Waals surface area (Å²) in [4.78, 5) is 12.1. The predicted molar refractivity (Wildman–Crippen MR) is 114 cm³/mol. The van der Waals surface area contributed by atoms with Gasteiger partial charge in [0.1, 0.15) is 23.0 Å². The van der Waals surface area contributed by atoms with E-state index in [1.807, 2.05) is 24.3 Å². The van der Waals surface area contributed by atoms with Crippen molar-refractivity contribution in [2.24, 2.45) is 0 Å². The largest absolute Gasteiger partial charge is 0.519 e. The molecule has 0 radical (unpaired) electrons. The Bertz CT molecular complexity index is 1040. The molecule has 30 heavy (non-hydrogen) atoms. The number of carbonyl (C=O) groups excluding carboxylic acids is 1. The Balaban J connectivity index is 1.37. The molecule has 0 unspecified atom stereocenters. The van der Waals surface area contributed by atoms with Gasteiger partial charge in [0.05, 0.1) is 0 Å².